The maximum absolute atomic E-state index is 13.3. The zero-order valence-corrected chi connectivity index (χ0v) is 23.9. The molecule has 0 unspecified atom stereocenters. The third-order valence-corrected chi connectivity index (χ3v) is 7.90. The molecule has 2 aromatic carbocycles. The Labute approximate surface area is 228 Å². The molecule has 0 heterocycles. The molecule has 0 aliphatic heterocycles. The number of carbonyl (C=O) groups is 2. The van der Waals surface area contributed by atoms with Crippen LogP contribution < -0.4 is 9.62 Å². The van der Waals surface area contributed by atoms with Crippen LogP contribution in [0.5, 0.6) is 0 Å². The molecule has 0 fully saturated rings. The summed E-state index contributed by atoms with van der Waals surface area (Å²) in [6, 6.07) is 10.9. The average Bonchev–Trinajstić information content (AvgIpc) is 2.81. The minimum Gasteiger partial charge on any atom is -0.352 e. The van der Waals surface area contributed by atoms with Crippen LogP contribution in [-0.2, 0) is 26.2 Å². The zero-order valence-electron chi connectivity index (χ0n) is 20.8. The smallest absolute Gasteiger partial charge is 0.242 e. The minimum atomic E-state index is -3.69. The van der Waals surface area contributed by atoms with Gasteiger partial charge in [0.25, 0.3) is 0 Å². The predicted octanol–water partition coefficient (Wildman–Crippen LogP) is 5.53. The molecule has 0 saturated heterocycles. The molecule has 7 nitrogen and oxygen atoms in total. The quantitative estimate of drug-likeness (QED) is 0.360. The van der Waals surface area contributed by atoms with Gasteiger partial charge in [0.1, 0.15) is 6.04 Å². The zero-order chi connectivity index (χ0) is 27.0. The van der Waals surface area contributed by atoms with Gasteiger partial charge in [-0.15, -0.1) is 0 Å². The Morgan fingerprint density at radius 2 is 1.69 bits per heavy atom. The Kier molecular flexibility index (Phi) is 11.3. The molecule has 2 amide bonds. The van der Waals surface area contributed by atoms with Crippen LogP contribution in [0.1, 0.15) is 45.6 Å². The Bertz CT molecular complexity index is 1180. The Hall–Kier alpha value is -2.00. The summed E-state index contributed by atoms with van der Waals surface area (Å²) < 4.78 is 26.1. The van der Waals surface area contributed by atoms with Crippen LogP contribution in [0.2, 0.25) is 15.1 Å². The molecule has 2 rings (SSSR count). The number of sulfonamides is 1. The van der Waals surface area contributed by atoms with E-state index >= 15 is 0 Å². The number of benzene rings is 2. The summed E-state index contributed by atoms with van der Waals surface area (Å²) in [5.74, 6) is -0.569. The van der Waals surface area contributed by atoms with Crippen LogP contribution in [0.15, 0.2) is 42.5 Å². The van der Waals surface area contributed by atoms with Crippen molar-refractivity contribution < 1.29 is 18.0 Å². The van der Waals surface area contributed by atoms with Gasteiger partial charge in [-0.2, -0.15) is 0 Å². The van der Waals surface area contributed by atoms with Gasteiger partial charge in [0.2, 0.25) is 21.8 Å². The summed E-state index contributed by atoms with van der Waals surface area (Å²) in [6.45, 7) is 5.68. The molecule has 198 valence electrons. The maximum Gasteiger partial charge on any atom is 0.242 e. The number of hydrogen-bond donors (Lipinski definition) is 1. The lowest BCUT2D eigenvalue weighted by Gasteiger charge is -2.30. The third kappa shape index (κ3) is 8.54. The second-order valence-corrected chi connectivity index (χ2v) is 11.8. The topological polar surface area (TPSA) is 86.8 Å². The van der Waals surface area contributed by atoms with Crippen LogP contribution in [-0.4, -0.2) is 50.0 Å². The van der Waals surface area contributed by atoms with Crippen molar-refractivity contribution in [2.24, 2.45) is 0 Å². The molecule has 2 atom stereocenters. The van der Waals surface area contributed by atoms with Crippen LogP contribution in [0, 0.1) is 0 Å². The van der Waals surface area contributed by atoms with E-state index in [2.05, 4.69) is 5.32 Å². The van der Waals surface area contributed by atoms with Gasteiger partial charge < -0.3 is 10.2 Å². The average molecular weight is 577 g/mol. The fraction of sp³-hybridized carbons (Fsp3) is 0.440. The van der Waals surface area contributed by atoms with E-state index in [0.717, 1.165) is 17.0 Å². The summed E-state index contributed by atoms with van der Waals surface area (Å²) >= 11 is 18.6. The van der Waals surface area contributed by atoms with Crippen molar-refractivity contribution in [3.8, 4) is 0 Å². The largest absolute Gasteiger partial charge is 0.352 e. The molecule has 0 aliphatic rings. The first-order valence-corrected chi connectivity index (χ1v) is 14.6. The second kappa shape index (κ2) is 13.5. The molecule has 36 heavy (non-hydrogen) atoms. The molecule has 0 aliphatic carbocycles. The van der Waals surface area contributed by atoms with Gasteiger partial charge in [-0.05, 0) is 56.5 Å². The first kappa shape index (κ1) is 30.2. The highest BCUT2D eigenvalue weighted by molar-refractivity contribution is 7.92. The van der Waals surface area contributed by atoms with E-state index in [1.165, 1.54) is 17.0 Å². The summed E-state index contributed by atoms with van der Waals surface area (Å²) in [7, 11) is -3.69. The highest BCUT2D eigenvalue weighted by Crippen LogP contribution is 2.31. The van der Waals surface area contributed by atoms with Gasteiger partial charge in [-0.1, -0.05) is 59.9 Å². The highest BCUT2D eigenvalue weighted by atomic mass is 35.5. The van der Waals surface area contributed by atoms with Gasteiger partial charge in [0.15, 0.2) is 0 Å². The molecule has 2 aromatic rings. The van der Waals surface area contributed by atoms with Crippen molar-refractivity contribution in [1.82, 2.24) is 10.2 Å². The summed E-state index contributed by atoms with van der Waals surface area (Å²) in [6.07, 6.45) is 2.03. The van der Waals surface area contributed by atoms with E-state index in [-0.39, 0.29) is 54.5 Å². The maximum atomic E-state index is 13.3. The van der Waals surface area contributed by atoms with Crippen LogP contribution in [0.4, 0.5) is 5.69 Å². The Balaban J connectivity index is 2.22. The van der Waals surface area contributed by atoms with Crippen molar-refractivity contribution in [1.29, 1.82) is 0 Å². The lowest BCUT2D eigenvalue weighted by Crippen LogP contribution is -2.49. The van der Waals surface area contributed by atoms with Crippen molar-refractivity contribution in [2.45, 2.75) is 58.7 Å². The van der Waals surface area contributed by atoms with Crippen LogP contribution in [0.25, 0.3) is 0 Å². The molecular formula is C25H32Cl3N3O4S. The SMILES string of the molecule is CC[C@H](C)NC(=O)[C@@H](C)N(Cc1ccccc1Cl)C(=O)CCCN(c1cc(Cl)ccc1Cl)S(C)(=O)=O. The van der Waals surface area contributed by atoms with E-state index in [4.69, 9.17) is 34.8 Å². The number of nitrogens with zero attached hydrogens (tertiary/aromatic N) is 2. The number of hydrogen-bond acceptors (Lipinski definition) is 4. The summed E-state index contributed by atoms with van der Waals surface area (Å²) in [5.41, 5.74) is 0.951. The van der Waals surface area contributed by atoms with E-state index in [1.807, 2.05) is 19.9 Å². The number of halogens is 3. The number of amides is 2. The molecule has 0 radical (unpaired) electrons. The van der Waals surface area contributed by atoms with Crippen LogP contribution >= 0.6 is 34.8 Å². The number of carbonyl (C=O) groups excluding carboxylic acids is 2. The molecule has 0 aromatic heterocycles. The lowest BCUT2D eigenvalue weighted by atomic mass is 10.1. The lowest BCUT2D eigenvalue weighted by molar-refractivity contribution is -0.140. The first-order chi connectivity index (χ1) is 16.8. The fourth-order valence-electron chi connectivity index (χ4n) is 3.52. The highest BCUT2D eigenvalue weighted by Gasteiger charge is 2.28. The number of rotatable bonds is 12. The Morgan fingerprint density at radius 3 is 2.31 bits per heavy atom. The molecule has 0 bridgehead atoms. The second-order valence-electron chi connectivity index (χ2n) is 8.64. The normalized spacial score (nSPS) is 13.1. The molecule has 1 N–H and O–H groups in total. The fourth-order valence-corrected chi connectivity index (χ4v) is 5.12. The van der Waals surface area contributed by atoms with Crippen molar-refractivity contribution in [2.75, 3.05) is 17.1 Å². The Morgan fingerprint density at radius 1 is 1.03 bits per heavy atom. The molecule has 0 spiro atoms. The van der Waals surface area contributed by atoms with Gasteiger partial charge in [-0.3, -0.25) is 13.9 Å². The van der Waals surface area contributed by atoms with E-state index in [0.29, 0.717) is 15.6 Å². The first-order valence-electron chi connectivity index (χ1n) is 11.6. The monoisotopic (exact) mass is 575 g/mol. The summed E-state index contributed by atoms with van der Waals surface area (Å²) in [5, 5.41) is 3.97. The molecule has 0 saturated carbocycles. The van der Waals surface area contributed by atoms with E-state index in [1.54, 1.807) is 31.2 Å². The number of anilines is 1. The van der Waals surface area contributed by atoms with Gasteiger partial charge in [0.05, 0.1) is 17.0 Å². The van der Waals surface area contributed by atoms with Crippen molar-refractivity contribution in [3.05, 3.63) is 63.1 Å². The van der Waals surface area contributed by atoms with Gasteiger partial charge in [-0.25, -0.2) is 8.42 Å². The third-order valence-electron chi connectivity index (χ3n) is 5.80. The van der Waals surface area contributed by atoms with Crippen LogP contribution in [0.3, 0.4) is 0 Å². The molecular weight excluding hydrogens is 545 g/mol. The standard InChI is InChI=1S/C25H32Cl3N3O4S/c1-5-17(2)29-25(33)18(3)30(16-19-9-6-7-10-21(19)27)24(32)11-8-14-31(36(4,34)35)23-15-20(26)12-13-22(23)28/h6-7,9-10,12-13,15,17-18H,5,8,11,14,16H2,1-4H3,(H,29,33)/t17-,18+/m0/s1. The van der Waals surface area contributed by atoms with Crippen molar-refractivity contribution in [3.63, 3.8) is 0 Å². The van der Waals surface area contributed by atoms with Crippen molar-refractivity contribution >= 4 is 62.3 Å². The minimum absolute atomic E-state index is 0.00953. The van der Waals surface area contributed by atoms with E-state index in [9.17, 15) is 18.0 Å². The van der Waals surface area contributed by atoms with Gasteiger partial charge >= 0.3 is 0 Å². The summed E-state index contributed by atoms with van der Waals surface area (Å²) in [4.78, 5) is 27.7. The molecule has 11 heteroatoms. The predicted molar refractivity (Wildman–Crippen MR) is 147 cm³/mol. The van der Waals surface area contributed by atoms with E-state index < -0.39 is 16.1 Å². The number of nitrogens with one attached hydrogen (secondary N) is 1. The van der Waals surface area contributed by atoms with Gasteiger partial charge in [0, 0.05) is 35.6 Å².